The molecule has 3 heterocycles. The van der Waals surface area contributed by atoms with Gasteiger partial charge in [0.2, 0.25) is 12.5 Å². The van der Waals surface area contributed by atoms with E-state index in [2.05, 4.69) is 47.0 Å². The van der Waals surface area contributed by atoms with Crippen LogP contribution in [0.3, 0.4) is 0 Å². The van der Waals surface area contributed by atoms with Gasteiger partial charge in [-0.3, -0.25) is 4.90 Å². The second-order valence-corrected chi connectivity index (χ2v) is 6.97. The third-order valence-corrected chi connectivity index (χ3v) is 5.55. The summed E-state index contributed by atoms with van der Waals surface area (Å²) in [5.41, 5.74) is 3.54. The Morgan fingerprint density at radius 3 is 2.78 bits per heavy atom. The van der Waals surface area contributed by atoms with E-state index in [4.69, 9.17) is 18.9 Å². The van der Waals surface area contributed by atoms with Crippen molar-refractivity contribution in [3.05, 3.63) is 47.7 Å². The summed E-state index contributed by atoms with van der Waals surface area (Å²) in [7, 11) is 5.53. The smallest absolute Gasteiger partial charge is 0.231 e. The highest BCUT2D eigenvalue weighted by Gasteiger charge is 2.35. The first-order valence-electron chi connectivity index (χ1n) is 9.05. The van der Waals surface area contributed by atoms with Crippen molar-refractivity contribution in [1.82, 2.24) is 9.47 Å². The number of hydrogen-bond donors (Lipinski definition) is 0. The predicted molar refractivity (Wildman–Crippen MR) is 102 cm³/mol. The van der Waals surface area contributed by atoms with Crippen LogP contribution in [-0.4, -0.2) is 44.1 Å². The van der Waals surface area contributed by atoms with Crippen LogP contribution in [0.15, 0.2) is 36.5 Å². The van der Waals surface area contributed by atoms with E-state index in [0.717, 1.165) is 46.7 Å². The zero-order chi connectivity index (χ0) is 18.5. The van der Waals surface area contributed by atoms with E-state index in [-0.39, 0.29) is 13.0 Å². The van der Waals surface area contributed by atoms with Gasteiger partial charge in [0.15, 0.2) is 11.5 Å². The molecule has 0 spiro atoms. The maximum Gasteiger partial charge on any atom is 0.231 e. The van der Waals surface area contributed by atoms with Gasteiger partial charge >= 0.3 is 0 Å². The second-order valence-electron chi connectivity index (χ2n) is 6.97. The maximum absolute atomic E-state index is 5.82. The first-order valence-corrected chi connectivity index (χ1v) is 9.05. The molecule has 2 aliphatic heterocycles. The van der Waals surface area contributed by atoms with Gasteiger partial charge in [-0.05, 0) is 49.4 Å². The molecule has 3 aromatic rings. The quantitative estimate of drug-likeness (QED) is 0.711. The molecule has 0 saturated heterocycles. The van der Waals surface area contributed by atoms with Crippen molar-refractivity contribution in [3.63, 3.8) is 0 Å². The molecule has 0 bridgehead atoms. The number of fused-ring (bicyclic) bond motifs is 3. The van der Waals surface area contributed by atoms with Crippen LogP contribution in [0.1, 0.15) is 17.3 Å². The highest BCUT2D eigenvalue weighted by atomic mass is 16.7. The highest BCUT2D eigenvalue weighted by Crippen LogP contribution is 2.50. The molecular formula is C21H22N2O4. The van der Waals surface area contributed by atoms with Crippen molar-refractivity contribution >= 4 is 10.9 Å². The zero-order valence-electron chi connectivity index (χ0n) is 15.7. The summed E-state index contributed by atoms with van der Waals surface area (Å²) in [6, 6.07) is 10.4. The standard InChI is InChI=1S/C21H22N2O4/c1-22-8-6-14-11-17-19(27-12-26-17)20(25-3)18(14)21(22)23-9-7-13-10-15(24-2)4-5-16(13)23/h4-5,7,9-11,21H,6,8,12H2,1-3H3/t21-/m0/s1. The lowest BCUT2D eigenvalue weighted by Gasteiger charge is -2.37. The van der Waals surface area contributed by atoms with Crippen LogP contribution in [0.2, 0.25) is 0 Å². The first kappa shape index (κ1) is 16.3. The molecule has 0 amide bonds. The molecule has 1 atom stereocenters. The molecule has 0 unspecified atom stereocenters. The molecular weight excluding hydrogens is 344 g/mol. The molecule has 0 radical (unpaired) electrons. The normalized spacial score (nSPS) is 18.6. The van der Waals surface area contributed by atoms with Crippen LogP contribution in [0, 0.1) is 0 Å². The Hall–Kier alpha value is -2.86. The van der Waals surface area contributed by atoms with Gasteiger partial charge in [0.25, 0.3) is 0 Å². The van der Waals surface area contributed by atoms with Crippen molar-refractivity contribution in [2.24, 2.45) is 0 Å². The van der Waals surface area contributed by atoms with Crippen LogP contribution < -0.4 is 18.9 Å². The number of aromatic nitrogens is 1. The van der Waals surface area contributed by atoms with Gasteiger partial charge in [0.1, 0.15) is 11.9 Å². The van der Waals surface area contributed by atoms with E-state index in [1.807, 2.05) is 6.07 Å². The van der Waals surface area contributed by atoms with Crippen molar-refractivity contribution in [1.29, 1.82) is 0 Å². The lowest BCUT2D eigenvalue weighted by Crippen LogP contribution is -2.36. The predicted octanol–water partition coefficient (Wildman–Crippen LogP) is 3.42. The first-order chi connectivity index (χ1) is 13.2. The molecule has 0 aliphatic carbocycles. The largest absolute Gasteiger partial charge is 0.497 e. The van der Waals surface area contributed by atoms with Crippen LogP contribution in [0.4, 0.5) is 0 Å². The van der Waals surface area contributed by atoms with Gasteiger partial charge < -0.3 is 23.5 Å². The molecule has 6 nitrogen and oxygen atoms in total. The van der Waals surface area contributed by atoms with E-state index in [0.29, 0.717) is 5.75 Å². The fourth-order valence-electron chi connectivity index (χ4n) is 4.24. The number of likely N-dealkylation sites (N-methyl/N-ethyl adjacent to an activating group) is 1. The lowest BCUT2D eigenvalue weighted by atomic mass is 9.94. The van der Waals surface area contributed by atoms with Crippen molar-refractivity contribution < 1.29 is 18.9 Å². The third kappa shape index (κ3) is 2.36. The van der Waals surface area contributed by atoms with Gasteiger partial charge in [-0.1, -0.05) is 0 Å². The van der Waals surface area contributed by atoms with Crippen LogP contribution in [0.25, 0.3) is 10.9 Å². The second kappa shape index (κ2) is 6.09. The average molecular weight is 366 g/mol. The van der Waals surface area contributed by atoms with Crippen LogP contribution in [0.5, 0.6) is 23.0 Å². The minimum Gasteiger partial charge on any atom is -0.497 e. The molecule has 1 aromatic heterocycles. The van der Waals surface area contributed by atoms with Crippen LogP contribution in [-0.2, 0) is 6.42 Å². The van der Waals surface area contributed by atoms with Gasteiger partial charge in [-0.2, -0.15) is 0 Å². The summed E-state index contributed by atoms with van der Waals surface area (Å²) in [5, 5.41) is 1.15. The topological polar surface area (TPSA) is 45.1 Å². The van der Waals surface area contributed by atoms with Crippen molar-refractivity contribution in [2.75, 3.05) is 34.6 Å². The number of rotatable bonds is 3. The lowest BCUT2D eigenvalue weighted by molar-refractivity contribution is 0.170. The van der Waals surface area contributed by atoms with E-state index in [1.54, 1.807) is 14.2 Å². The summed E-state index contributed by atoms with van der Waals surface area (Å²) >= 11 is 0. The van der Waals surface area contributed by atoms with E-state index < -0.39 is 0 Å². The average Bonchev–Trinajstić information content (AvgIpc) is 3.32. The summed E-state index contributed by atoms with van der Waals surface area (Å²) in [6.07, 6.45) is 3.09. The Kier molecular flexibility index (Phi) is 3.68. The van der Waals surface area contributed by atoms with Crippen molar-refractivity contribution in [2.45, 2.75) is 12.6 Å². The Morgan fingerprint density at radius 2 is 1.96 bits per heavy atom. The monoisotopic (exact) mass is 366 g/mol. The number of ether oxygens (including phenoxy) is 4. The Morgan fingerprint density at radius 1 is 1.07 bits per heavy atom. The number of hydrogen-bond acceptors (Lipinski definition) is 5. The maximum atomic E-state index is 5.82. The van der Waals surface area contributed by atoms with E-state index >= 15 is 0 Å². The SMILES string of the molecule is COc1ccc2c(ccn2[C@H]2c3c(cc4c(c3OC)OCO4)CCN2C)c1. The van der Waals surface area contributed by atoms with E-state index in [9.17, 15) is 0 Å². The third-order valence-electron chi connectivity index (χ3n) is 5.55. The summed E-state index contributed by atoms with van der Waals surface area (Å²) < 4.78 is 24.8. The molecule has 0 saturated carbocycles. The number of methoxy groups -OCH3 is 2. The van der Waals surface area contributed by atoms with Gasteiger partial charge in [-0.25, -0.2) is 0 Å². The Labute approximate surface area is 157 Å². The fraction of sp³-hybridized carbons (Fsp3) is 0.333. The highest BCUT2D eigenvalue weighted by molar-refractivity contribution is 5.82. The fourth-order valence-corrected chi connectivity index (χ4v) is 4.24. The minimum atomic E-state index is 0.0177. The van der Waals surface area contributed by atoms with Gasteiger partial charge in [-0.15, -0.1) is 0 Å². The van der Waals surface area contributed by atoms with Crippen LogP contribution >= 0.6 is 0 Å². The zero-order valence-corrected chi connectivity index (χ0v) is 15.7. The van der Waals surface area contributed by atoms with Crippen molar-refractivity contribution in [3.8, 4) is 23.0 Å². The molecule has 0 N–H and O–H groups in total. The molecule has 6 heteroatoms. The minimum absolute atomic E-state index is 0.0177. The molecule has 2 aromatic carbocycles. The number of nitrogens with zero attached hydrogens (tertiary/aromatic N) is 2. The molecule has 140 valence electrons. The Bertz CT molecular complexity index is 1030. The molecule has 27 heavy (non-hydrogen) atoms. The molecule has 2 aliphatic rings. The van der Waals surface area contributed by atoms with Gasteiger partial charge in [0.05, 0.1) is 14.2 Å². The summed E-state index contributed by atoms with van der Waals surface area (Å²) in [6.45, 7) is 1.19. The van der Waals surface area contributed by atoms with Gasteiger partial charge in [0, 0.05) is 29.2 Å². The molecule has 5 rings (SSSR count). The van der Waals surface area contributed by atoms with E-state index in [1.165, 1.54) is 5.56 Å². The summed E-state index contributed by atoms with van der Waals surface area (Å²) in [4.78, 5) is 2.34. The summed E-state index contributed by atoms with van der Waals surface area (Å²) in [5.74, 6) is 3.11. The molecule has 0 fully saturated rings. The Balaban J connectivity index is 1.73. The number of benzene rings is 2.